The Bertz CT molecular complexity index is 688. The number of anilines is 1. The number of hydrogen-bond donors (Lipinski definition) is 1. The molecule has 0 bridgehead atoms. The Kier molecular flexibility index (Phi) is 4.23. The number of carbonyl (C=O) groups excluding carboxylic acids is 2. The summed E-state index contributed by atoms with van der Waals surface area (Å²) in [6, 6.07) is 4.02. The number of urea groups is 1. The van der Waals surface area contributed by atoms with Crippen LogP contribution in [0.2, 0.25) is 0 Å². The van der Waals surface area contributed by atoms with Crippen LogP contribution in [0.15, 0.2) is 18.2 Å². The van der Waals surface area contributed by atoms with Gasteiger partial charge in [0.25, 0.3) is 0 Å². The summed E-state index contributed by atoms with van der Waals surface area (Å²) < 4.78 is 19.7. The third kappa shape index (κ3) is 3.70. The molecule has 3 aliphatic rings. The van der Waals surface area contributed by atoms with E-state index in [4.69, 9.17) is 4.74 Å². The zero-order valence-corrected chi connectivity index (χ0v) is 14.0. The molecule has 0 aromatic heterocycles. The minimum absolute atomic E-state index is 0.0301. The molecule has 3 fully saturated rings. The molecule has 2 saturated carbocycles. The molecule has 1 aromatic carbocycles. The smallest absolute Gasteiger partial charge is 0.323 e. The monoisotopic (exact) mass is 347 g/mol. The van der Waals surface area contributed by atoms with Gasteiger partial charge < -0.3 is 15.0 Å². The average Bonchev–Trinajstić information content (AvgIpc) is 3.27. The molecule has 1 saturated heterocycles. The topological polar surface area (TPSA) is 61.9 Å². The SMILES string of the molecule is O=C1CN(C(=O)Nc2ccc(OC3CCC3)c(F)c2)CN1CC1CC1. The summed E-state index contributed by atoms with van der Waals surface area (Å²) in [7, 11) is 0. The quantitative estimate of drug-likeness (QED) is 0.891. The molecule has 0 unspecified atom stereocenters. The Balaban J connectivity index is 1.34. The van der Waals surface area contributed by atoms with Gasteiger partial charge >= 0.3 is 6.03 Å². The highest BCUT2D eigenvalue weighted by Gasteiger charge is 2.34. The van der Waals surface area contributed by atoms with E-state index < -0.39 is 11.8 Å². The molecular weight excluding hydrogens is 325 g/mol. The second kappa shape index (κ2) is 6.54. The molecule has 1 aliphatic heterocycles. The average molecular weight is 347 g/mol. The Morgan fingerprint density at radius 2 is 2.08 bits per heavy atom. The van der Waals surface area contributed by atoms with Crippen LogP contribution < -0.4 is 10.1 Å². The minimum Gasteiger partial charge on any atom is -0.487 e. The van der Waals surface area contributed by atoms with Crippen LogP contribution in [0, 0.1) is 11.7 Å². The Hall–Kier alpha value is -2.31. The van der Waals surface area contributed by atoms with Gasteiger partial charge in [0.1, 0.15) is 6.54 Å². The summed E-state index contributed by atoms with van der Waals surface area (Å²) in [6.07, 6.45) is 5.45. The highest BCUT2D eigenvalue weighted by Crippen LogP contribution is 2.31. The summed E-state index contributed by atoms with van der Waals surface area (Å²) >= 11 is 0. The number of nitrogens with one attached hydrogen (secondary N) is 1. The first-order valence-corrected chi connectivity index (χ1v) is 8.88. The summed E-state index contributed by atoms with van der Waals surface area (Å²) in [4.78, 5) is 27.4. The van der Waals surface area contributed by atoms with E-state index in [0.29, 0.717) is 18.3 Å². The number of hydrogen-bond acceptors (Lipinski definition) is 3. The lowest BCUT2D eigenvalue weighted by Crippen LogP contribution is -2.35. The second-order valence-electron chi connectivity index (χ2n) is 7.15. The van der Waals surface area contributed by atoms with Gasteiger partial charge in [-0.25, -0.2) is 9.18 Å². The van der Waals surface area contributed by atoms with Crippen molar-refractivity contribution in [1.29, 1.82) is 0 Å². The first-order chi connectivity index (χ1) is 12.1. The van der Waals surface area contributed by atoms with Crippen LogP contribution in [0.25, 0.3) is 0 Å². The Morgan fingerprint density at radius 3 is 2.72 bits per heavy atom. The number of carbonyl (C=O) groups is 2. The molecule has 1 heterocycles. The molecule has 1 aromatic rings. The standard InChI is InChI=1S/C18H22FN3O3/c19-15-8-13(6-7-16(15)25-14-2-1-3-14)20-18(24)22-10-17(23)21(11-22)9-12-4-5-12/h6-8,12,14H,1-5,9-11H2,(H,20,24). The Labute approximate surface area is 145 Å². The lowest BCUT2D eigenvalue weighted by Gasteiger charge is -2.26. The van der Waals surface area contributed by atoms with Gasteiger partial charge in [0.05, 0.1) is 12.8 Å². The van der Waals surface area contributed by atoms with Gasteiger partial charge in [0.2, 0.25) is 5.91 Å². The molecule has 0 radical (unpaired) electrons. The van der Waals surface area contributed by atoms with E-state index in [0.717, 1.165) is 38.6 Å². The van der Waals surface area contributed by atoms with Crippen molar-refractivity contribution in [2.24, 2.45) is 5.92 Å². The summed E-state index contributed by atoms with van der Waals surface area (Å²) in [5.41, 5.74) is 0.358. The van der Waals surface area contributed by atoms with Gasteiger partial charge in [0, 0.05) is 18.3 Å². The molecule has 25 heavy (non-hydrogen) atoms. The Morgan fingerprint density at radius 1 is 1.28 bits per heavy atom. The molecule has 3 amide bonds. The number of nitrogens with zero attached hydrogens (tertiary/aromatic N) is 2. The maximum Gasteiger partial charge on any atom is 0.323 e. The number of benzene rings is 1. The van der Waals surface area contributed by atoms with Crippen molar-refractivity contribution >= 4 is 17.6 Å². The number of ether oxygens (including phenoxy) is 1. The molecule has 6 nitrogen and oxygen atoms in total. The fraction of sp³-hybridized carbons (Fsp3) is 0.556. The molecule has 4 rings (SSSR count). The van der Waals surface area contributed by atoms with Crippen LogP contribution in [0.3, 0.4) is 0 Å². The van der Waals surface area contributed by atoms with E-state index in [2.05, 4.69) is 5.32 Å². The van der Waals surface area contributed by atoms with Crippen molar-refractivity contribution < 1.29 is 18.7 Å². The molecule has 134 valence electrons. The van der Waals surface area contributed by atoms with Gasteiger partial charge in [-0.1, -0.05) is 0 Å². The van der Waals surface area contributed by atoms with Crippen molar-refractivity contribution in [2.45, 2.75) is 38.2 Å². The number of amides is 3. The van der Waals surface area contributed by atoms with E-state index in [9.17, 15) is 14.0 Å². The minimum atomic E-state index is -0.488. The zero-order valence-electron chi connectivity index (χ0n) is 14.0. The first kappa shape index (κ1) is 16.2. The first-order valence-electron chi connectivity index (χ1n) is 8.88. The van der Waals surface area contributed by atoms with Gasteiger partial charge in [-0.15, -0.1) is 0 Å². The van der Waals surface area contributed by atoms with Gasteiger partial charge in [-0.05, 0) is 50.2 Å². The largest absolute Gasteiger partial charge is 0.487 e. The fourth-order valence-corrected chi connectivity index (χ4v) is 3.05. The van der Waals surface area contributed by atoms with Gasteiger partial charge in [-0.2, -0.15) is 0 Å². The third-order valence-electron chi connectivity index (χ3n) is 5.01. The van der Waals surface area contributed by atoms with Crippen LogP contribution in [-0.2, 0) is 4.79 Å². The van der Waals surface area contributed by atoms with Gasteiger partial charge in [-0.3, -0.25) is 9.69 Å². The zero-order chi connectivity index (χ0) is 17.4. The van der Waals surface area contributed by atoms with E-state index in [-0.39, 0.29) is 24.3 Å². The van der Waals surface area contributed by atoms with E-state index in [1.165, 1.54) is 17.0 Å². The second-order valence-corrected chi connectivity index (χ2v) is 7.15. The maximum atomic E-state index is 14.1. The van der Waals surface area contributed by atoms with Crippen molar-refractivity contribution in [3.05, 3.63) is 24.0 Å². The lowest BCUT2D eigenvalue weighted by molar-refractivity contribution is -0.126. The predicted molar refractivity (Wildman–Crippen MR) is 89.7 cm³/mol. The van der Waals surface area contributed by atoms with Crippen LogP contribution in [0.1, 0.15) is 32.1 Å². The van der Waals surface area contributed by atoms with Gasteiger partial charge in [0.15, 0.2) is 11.6 Å². The van der Waals surface area contributed by atoms with E-state index >= 15 is 0 Å². The van der Waals surface area contributed by atoms with Crippen molar-refractivity contribution in [1.82, 2.24) is 9.80 Å². The molecule has 2 aliphatic carbocycles. The summed E-state index contributed by atoms with van der Waals surface area (Å²) in [5.74, 6) is 0.286. The number of halogens is 1. The molecule has 0 spiro atoms. The third-order valence-corrected chi connectivity index (χ3v) is 5.01. The van der Waals surface area contributed by atoms with Crippen molar-refractivity contribution in [3.8, 4) is 5.75 Å². The molecule has 0 atom stereocenters. The van der Waals surface area contributed by atoms with Crippen LogP contribution in [0.4, 0.5) is 14.9 Å². The molecule has 1 N–H and O–H groups in total. The van der Waals surface area contributed by atoms with Crippen LogP contribution >= 0.6 is 0 Å². The van der Waals surface area contributed by atoms with Crippen molar-refractivity contribution in [3.63, 3.8) is 0 Å². The highest BCUT2D eigenvalue weighted by atomic mass is 19.1. The predicted octanol–water partition coefficient (Wildman–Crippen LogP) is 2.80. The molecule has 7 heteroatoms. The van der Waals surface area contributed by atoms with E-state index in [1.54, 1.807) is 11.0 Å². The summed E-state index contributed by atoms with van der Waals surface area (Å²) in [5, 5.41) is 2.66. The number of rotatable bonds is 5. The van der Waals surface area contributed by atoms with Crippen LogP contribution in [-0.4, -0.2) is 47.6 Å². The highest BCUT2D eigenvalue weighted by molar-refractivity contribution is 5.94. The van der Waals surface area contributed by atoms with E-state index in [1.807, 2.05) is 0 Å². The maximum absolute atomic E-state index is 14.1. The lowest BCUT2D eigenvalue weighted by atomic mass is 9.96. The normalized spacial score (nSPS) is 20.6. The fourth-order valence-electron chi connectivity index (χ4n) is 3.05. The van der Waals surface area contributed by atoms with Crippen molar-refractivity contribution in [2.75, 3.05) is 25.1 Å². The van der Waals surface area contributed by atoms with Crippen LogP contribution in [0.5, 0.6) is 5.75 Å². The summed E-state index contributed by atoms with van der Waals surface area (Å²) in [6.45, 7) is 1.10. The molecular formula is C18H22FN3O3.